The number of hydrogen-bond donors (Lipinski definition) is 1. The van der Waals surface area contributed by atoms with Gasteiger partial charge in [0.2, 0.25) is 0 Å². The van der Waals surface area contributed by atoms with E-state index in [2.05, 4.69) is 20.3 Å². The molecule has 0 saturated carbocycles. The maximum atomic E-state index is 13.4. The fourth-order valence-electron chi connectivity index (χ4n) is 2.43. The van der Waals surface area contributed by atoms with Gasteiger partial charge in [-0.25, -0.2) is 14.4 Å². The van der Waals surface area contributed by atoms with Crippen LogP contribution in [0, 0.1) is 26.6 Å². The monoisotopic (exact) mass is 322 g/mol. The average Bonchev–Trinajstić information content (AvgIpc) is 2.60. The molecule has 3 aromatic rings. The Labute approximate surface area is 140 Å². The van der Waals surface area contributed by atoms with Crippen LogP contribution >= 0.6 is 0 Å². The Hall–Kier alpha value is -2.82. The van der Waals surface area contributed by atoms with Crippen LogP contribution in [0.4, 0.5) is 10.2 Å². The molecule has 24 heavy (non-hydrogen) atoms. The number of hydrogen-bond acceptors (Lipinski definition) is 4. The Bertz CT molecular complexity index is 863. The van der Waals surface area contributed by atoms with Crippen molar-refractivity contribution in [1.82, 2.24) is 15.0 Å². The number of aryl methyl sites for hydroxylation is 2. The zero-order valence-electron chi connectivity index (χ0n) is 14.0. The van der Waals surface area contributed by atoms with E-state index in [9.17, 15) is 4.39 Å². The molecular formula is C19H19FN4. The number of anilines is 1. The van der Waals surface area contributed by atoms with Crippen molar-refractivity contribution in [2.45, 2.75) is 27.3 Å². The van der Waals surface area contributed by atoms with Crippen molar-refractivity contribution in [3.05, 3.63) is 70.9 Å². The molecule has 3 rings (SSSR count). The van der Waals surface area contributed by atoms with Crippen LogP contribution in [0.2, 0.25) is 0 Å². The van der Waals surface area contributed by atoms with Crippen LogP contribution < -0.4 is 5.32 Å². The lowest BCUT2D eigenvalue weighted by molar-refractivity contribution is 0.617. The fourth-order valence-corrected chi connectivity index (χ4v) is 2.43. The Balaban J connectivity index is 1.87. The van der Waals surface area contributed by atoms with Crippen molar-refractivity contribution in [2.24, 2.45) is 0 Å². The van der Waals surface area contributed by atoms with E-state index in [0.29, 0.717) is 17.9 Å². The molecule has 0 saturated heterocycles. The van der Waals surface area contributed by atoms with E-state index in [1.54, 1.807) is 25.4 Å². The van der Waals surface area contributed by atoms with Gasteiger partial charge in [-0.3, -0.25) is 4.98 Å². The highest BCUT2D eigenvalue weighted by atomic mass is 19.1. The Morgan fingerprint density at radius 3 is 2.62 bits per heavy atom. The first-order chi connectivity index (χ1) is 11.5. The molecule has 0 atom stereocenters. The minimum Gasteiger partial charge on any atom is -0.366 e. The largest absolute Gasteiger partial charge is 0.366 e. The minimum atomic E-state index is -0.188. The van der Waals surface area contributed by atoms with E-state index >= 15 is 0 Å². The molecular weight excluding hydrogens is 303 g/mol. The summed E-state index contributed by atoms with van der Waals surface area (Å²) in [5, 5.41) is 3.33. The molecule has 0 radical (unpaired) electrons. The maximum absolute atomic E-state index is 13.4. The standard InChI is InChI=1S/C19H19FN4/c1-12-9-15(6-7-17(12)20)10-22-18-13(2)14(3)23-19(24-18)16-5-4-8-21-11-16/h4-9,11H,10H2,1-3H3,(H,22,23,24). The molecule has 0 fully saturated rings. The molecule has 1 aromatic carbocycles. The van der Waals surface area contributed by atoms with Crippen molar-refractivity contribution in [3.63, 3.8) is 0 Å². The number of benzene rings is 1. The number of halogens is 1. The summed E-state index contributed by atoms with van der Waals surface area (Å²) < 4.78 is 13.4. The van der Waals surface area contributed by atoms with Gasteiger partial charge < -0.3 is 5.32 Å². The predicted octanol–water partition coefficient (Wildman–Crippen LogP) is 4.22. The maximum Gasteiger partial charge on any atom is 0.163 e. The molecule has 2 aromatic heterocycles. The number of aromatic nitrogens is 3. The van der Waals surface area contributed by atoms with Crippen molar-refractivity contribution in [2.75, 3.05) is 5.32 Å². The van der Waals surface area contributed by atoms with Gasteiger partial charge in [0.15, 0.2) is 5.82 Å². The fraction of sp³-hybridized carbons (Fsp3) is 0.211. The summed E-state index contributed by atoms with van der Waals surface area (Å²) in [6.07, 6.45) is 3.47. The van der Waals surface area contributed by atoms with Crippen molar-refractivity contribution >= 4 is 5.82 Å². The Kier molecular flexibility index (Phi) is 4.51. The first-order valence-electron chi connectivity index (χ1n) is 7.79. The van der Waals surface area contributed by atoms with Gasteiger partial charge in [-0.15, -0.1) is 0 Å². The summed E-state index contributed by atoms with van der Waals surface area (Å²) in [4.78, 5) is 13.3. The molecule has 0 aliphatic carbocycles. The zero-order chi connectivity index (χ0) is 17.1. The van der Waals surface area contributed by atoms with Crippen molar-refractivity contribution < 1.29 is 4.39 Å². The zero-order valence-corrected chi connectivity index (χ0v) is 14.0. The highest BCUT2D eigenvalue weighted by molar-refractivity contribution is 5.58. The first-order valence-corrected chi connectivity index (χ1v) is 7.79. The second kappa shape index (κ2) is 6.74. The summed E-state index contributed by atoms with van der Waals surface area (Å²) in [6, 6.07) is 8.91. The van der Waals surface area contributed by atoms with Crippen LogP contribution in [0.15, 0.2) is 42.7 Å². The predicted molar refractivity (Wildman–Crippen MR) is 93.2 cm³/mol. The van der Waals surface area contributed by atoms with E-state index in [1.165, 1.54) is 6.07 Å². The van der Waals surface area contributed by atoms with Gasteiger partial charge in [-0.2, -0.15) is 0 Å². The summed E-state index contributed by atoms with van der Waals surface area (Å²) in [7, 11) is 0. The summed E-state index contributed by atoms with van der Waals surface area (Å²) in [6.45, 7) is 6.29. The molecule has 5 heteroatoms. The third-order valence-corrected chi connectivity index (χ3v) is 3.99. The molecule has 0 amide bonds. The van der Waals surface area contributed by atoms with E-state index in [0.717, 1.165) is 28.2 Å². The number of nitrogens with one attached hydrogen (secondary N) is 1. The highest BCUT2D eigenvalue weighted by Crippen LogP contribution is 2.21. The topological polar surface area (TPSA) is 50.7 Å². The molecule has 0 bridgehead atoms. The SMILES string of the molecule is Cc1cc(CNc2nc(-c3cccnc3)nc(C)c2C)ccc1F. The van der Waals surface area contributed by atoms with Crippen LogP contribution in [-0.4, -0.2) is 15.0 Å². The number of nitrogens with zero attached hydrogens (tertiary/aromatic N) is 3. The third-order valence-electron chi connectivity index (χ3n) is 3.99. The molecule has 0 aliphatic heterocycles. The average molecular weight is 322 g/mol. The quantitative estimate of drug-likeness (QED) is 0.781. The third kappa shape index (κ3) is 3.40. The first kappa shape index (κ1) is 16.1. The second-order valence-corrected chi connectivity index (χ2v) is 5.79. The van der Waals surface area contributed by atoms with E-state index in [-0.39, 0.29) is 5.82 Å². The van der Waals surface area contributed by atoms with E-state index in [4.69, 9.17) is 0 Å². The summed E-state index contributed by atoms with van der Waals surface area (Å²) in [5.74, 6) is 1.24. The van der Waals surface area contributed by atoms with Crippen LogP contribution in [0.3, 0.4) is 0 Å². The van der Waals surface area contributed by atoms with E-state index in [1.807, 2.05) is 32.0 Å². The number of pyridine rings is 1. The highest BCUT2D eigenvalue weighted by Gasteiger charge is 2.10. The molecule has 2 heterocycles. The smallest absolute Gasteiger partial charge is 0.163 e. The van der Waals surface area contributed by atoms with Crippen LogP contribution in [-0.2, 0) is 6.54 Å². The molecule has 4 nitrogen and oxygen atoms in total. The Morgan fingerprint density at radius 1 is 1.08 bits per heavy atom. The van der Waals surface area contributed by atoms with Crippen molar-refractivity contribution in [3.8, 4) is 11.4 Å². The van der Waals surface area contributed by atoms with Gasteiger partial charge in [0.1, 0.15) is 11.6 Å². The van der Waals surface area contributed by atoms with Gasteiger partial charge in [-0.05, 0) is 50.1 Å². The van der Waals surface area contributed by atoms with Gasteiger partial charge in [0, 0.05) is 35.8 Å². The van der Waals surface area contributed by atoms with Crippen LogP contribution in [0.1, 0.15) is 22.4 Å². The van der Waals surface area contributed by atoms with Gasteiger partial charge in [0.25, 0.3) is 0 Å². The molecule has 0 spiro atoms. The lowest BCUT2D eigenvalue weighted by atomic mass is 10.1. The molecule has 0 unspecified atom stereocenters. The summed E-state index contributed by atoms with van der Waals surface area (Å²) in [5.41, 5.74) is 4.44. The normalized spacial score (nSPS) is 10.7. The number of rotatable bonds is 4. The van der Waals surface area contributed by atoms with Gasteiger partial charge in [0.05, 0.1) is 0 Å². The second-order valence-electron chi connectivity index (χ2n) is 5.79. The molecule has 1 N–H and O–H groups in total. The van der Waals surface area contributed by atoms with E-state index < -0.39 is 0 Å². The van der Waals surface area contributed by atoms with Gasteiger partial charge >= 0.3 is 0 Å². The van der Waals surface area contributed by atoms with Crippen LogP contribution in [0.25, 0.3) is 11.4 Å². The lowest BCUT2D eigenvalue weighted by Gasteiger charge is -2.13. The van der Waals surface area contributed by atoms with Crippen LogP contribution in [0.5, 0.6) is 0 Å². The minimum absolute atomic E-state index is 0.188. The summed E-state index contributed by atoms with van der Waals surface area (Å²) >= 11 is 0. The molecule has 0 aliphatic rings. The van der Waals surface area contributed by atoms with Crippen molar-refractivity contribution in [1.29, 1.82) is 0 Å². The molecule has 122 valence electrons. The van der Waals surface area contributed by atoms with Gasteiger partial charge in [-0.1, -0.05) is 12.1 Å². The Morgan fingerprint density at radius 2 is 1.92 bits per heavy atom. The lowest BCUT2D eigenvalue weighted by Crippen LogP contribution is -2.07.